The van der Waals surface area contributed by atoms with Gasteiger partial charge in [0.15, 0.2) is 15.5 Å². The van der Waals surface area contributed by atoms with Gasteiger partial charge >= 0.3 is 5.69 Å². The van der Waals surface area contributed by atoms with Crippen LogP contribution in [0.25, 0.3) is 16.7 Å². The highest BCUT2D eigenvalue weighted by Crippen LogP contribution is 2.30. The lowest BCUT2D eigenvalue weighted by molar-refractivity contribution is 0.601. The lowest BCUT2D eigenvalue weighted by Gasteiger charge is -2.14. The summed E-state index contributed by atoms with van der Waals surface area (Å²) >= 11 is 12.4. The molecule has 0 aliphatic carbocycles. The van der Waals surface area contributed by atoms with E-state index >= 15 is 0 Å². The fourth-order valence-corrected chi connectivity index (χ4v) is 4.46. The minimum Gasteiger partial charge on any atom is -0.384 e. The van der Waals surface area contributed by atoms with E-state index in [1.54, 1.807) is 42.5 Å². The average Bonchev–Trinajstić information content (AvgIpc) is 2.70. The summed E-state index contributed by atoms with van der Waals surface area (Å²) in [7, 11) is -3.12. The van der Waals surface area contributed by atoms with Gasteiger partial charge in [-0.2, -0.15) is 9.97 Å². The van der Waals surface area contributed by atoms with E-state index in [0.29, 0.717) is 16.6 Å². The van der Waals surface area contributed by atoms with Crippen LogP contribution in [0.3, 0.4) is 0 Å². The Hall–Kier alpha value is -3.21. The van der Waals surface area contributed by atoms with Gasteiger partial charge in [0, 0.05) is 18.1 Å². The van der Waals surface area contributed by atoms with Gasteiger partial charge in [-0.05, 0) is 29.8 Å². The Kier molecular flexibility index (Phi) is 5.76. The summed E-state index contributed by atoms with van der Waals surface area (Å²) in [6, 6.07) is 11.6. The lowest BCUT2D eigenvalue weighted by Crippen LogP contribution is -2.25. The van der Waals surface area contributed by atoms with E-state index in [4.69, 9.17) is 28.9 Å². The average molecular weight is 491 g/mol. The minimum atomic E-state index is -3.12. The number of nitrogens with one attached hydrogen (secondary N) is 1. The number of halogens is 2. The van der Waals surface area contributed by atoms with Gasteiger partial charge in [0.2, 0.25) is 5.95 Å². The molecule has 0 bridgehead atoms. The van der Waals surface area contributed by atoms with Crippen molar-refractivity contribution in [1.82, 2.24) is 19.5 Å². The van der Waals surface area contributed by atoms with Crippen LogP contribution in [0, 0.1) is 0 Å². The maximum Gasteiger partial charge on any atom is 0.355 e. The van der Waals surface area contributed by atoms with Crippen molar-refractivity contribution >= 4 is 61.5 Å². The molecule has 0 amide bonds. The van der Waals surface area contributed by atoms with Crippen molar-refractivity contribution in [3.8, 4) is 5.69 Å². The van der Waals surface area contributed by atoms with Crippen LogP contribution in [0.1, 0.15) is 5.56 Å². The number of nitrogens with zero attached hydrogens (tertiary/aromatic N) is 4. The Labute approximate surface area is 192 Å². The van der Waals surface area contributed by atoms with Crippen LogP contribution in [0.2, 0.25) is 10.0 Å². The first kappa shape index (κ1) is 22.0. The van der Waals surface area contributed by atoms with Gasteiger partial charge in [-0.25, -0.2) is 22.8 Å². The van der Waals surface area contributed by atoms with Gasteiger partial charge in [-0.1, -0.05) is 41.4 Å². The maximum atomic E-state index is 12.7. The fraction of sp³-hybridized carbons (Fsp3) is 0.100. The summed E-state index contributed by atoms with van der Waals surface area (Å²) in [4.78, 5) is 25.2. The molecule has 12 heteroatoms. The third-order valence-corrected chi connectivity index (χ3v) is 5.95. The van der Waals surface area contributed by atoms with Gasteiger partial charge in [0.1, 0.15) is 5.82 Å². The number of nitrogen functional groups attached to an aromatic ring is 1. The topological polar surface area (TPSA) is 133 Å². The fourth-order valence-electron chi connectivity index (χ4n) is 3.10. The van der Waals surface area contributed by atoms with Crippen molar-refractivity contribution in [2.75, 3.05) is 17.3 Å². The molecule has 0 saturated heterocycles. The largest absolute Gasteiger partial charge is 0.384 e. The molecule has 2 aromatic carbocycles. The van der Waals surface area contributed by atoms with Crippen molar-refractivity contribution in [2.45, 2.75) is 5.75 Å². The SMILES string of the molecule is CS(=O)(=O)Cc1ccc(Nc2ncc3c(N)n(-c4c(Cl)cccc4Cl)c(=O)nc3n2)cc1. The number of hydrogen-bond acceptors (Lipinski definition) is 8. The molecule has 32 heavy (non-hydrogen) atoms. The molecule has 3 N–H and O–H groups in total. The summed E-state index contributed by atoms with van der Waals surface area (Å²) in [5, 5.41) is 3.81. The minimum absolute atomic E-state index is 0.0478. The molecule has 0 spiro atoms. The molecule has 9 nitrogen and oxygen atoms in total. The molecule has 2 aromatic heterocycles. The van der Waals surface area contributed by atoms with Crippen molar-refractivity contribution in [3.05, 3.63) is 74.8 Å². The van der Waals surface area contributed by atoms with E-state index in [1.165, 1.54) is 12.5 Å². The van der Waals surface area contributed by atoms with Gasteiger partial charge in [0.25, 0.3) is 0 Å². The van der Waals surface area contributed by atoms with Crippen LogP contribution in [0.15, 0.2) is 53.5 Å². The molecule has 2 heterocycles. The van der Waals surface area contributed by atoms with Crippen LogP contribution in [-0.4, -0.2) is 34.2 Å². The number of anilines is 3. The summed E-state index contributed by atoms with van der Waals surface area (Å²) in [6.07, 6.45) is 2.61. The first-order chi connectivity index (χ1) is 15.1. The van der Waals surface area contributed by atoms with Gasteiger partial charge in [-0.3, -0.25) is 0 Å². The van der Waals surface area contributed by atoms with E-state index in [1.807, 2.05) is 0 Å². The summed E-state index contributed by atoms with van der Waals surface area (Å²) < 4.78 is 23.9. The quantitative estimate of drug-likeness (QED) is 0.434. The lowest BCUT2D eigenvalue weighted by atomic mass is 10.2. The second-order valence-corrected chi connectivity index (χ2v) is 9.96. The summed E-state index contributed by atoms with van der Waals surface area (Å²) in [6.45, 7) is 0. The number of hydrogen-bond donors (Lipinski definition) is 2. The molecule has 0 aliphatic heterocycles. The number of para-hydroxylation sites is 1. The summed E-state index contributed by atoms with van der Waals surface area (Å²) in [5.74, 6) is 0.185. The van der Waals surface area contributed by atoms with Crippen molar-refractivity contribution in [2.24, 2.45) is 0 Å². The molecular weight excluding hydrogens is 475 g/mol. The van der Waals surface area contributed by atoms with E-state index in [9.17, 15) is 13.2 Å². The zero-order chi connectivity index (χ0) is 23.0. The van der Waals surface area contributed by atoms with Gasteiger partial charge in [-0.15, -0.1) is 0 Å². The number of fused-ring (bicyclic) bond motifs is 1. The van der Waals surface area contributed by atoms with Crippen LogP contribution in [0.5, 0.6) is 0 Å². The van der Waals surface area contributed by atoms with Crippen LogP contribution >= 0.6 is 23.2 Å². The number of benzene rings is 2. The second-order valence-electron chi connectivity index (χ2n) is 7.01. The third-order valence-electron chi connectivity index (χ3n) is 4.48. The first-order valence-corrected chi connectivity index (χ1v) is 12.0. The number of rotatable bonds is 5. The Bertz CT molecular complexity index is 1480. The van der Waals surface area contributed by atoms with E-state index < -0.39 is 15.5 Å². The molecule has 0 saturated carbocycles. The second kappa shape index (κ2) is 8.38. The Balaban J connectivity index is 1.69. The molecule has 0 unspecified atom stereocenters. The predicted octanol–water partition coefficient (Wildman–Crippen LogP) is 3.35. The Morgan fingerprint density at radius 3 is 2.34 bits per heavy atom. The Morgan fingerprint density at radius 1 is 1.06 bits per heavy atom. The van der Waals surface area contributed by atoms with Crippen molar-refractivity contribution in [3.63, 3.8) is 0 Å². The molecule has 4 aromatic rings. The molecular formula is C20H16Cl2N6O3S. The summed E-state index contributed by atoms with van der Waals surface area (Å²) in [5.41, 5.74) is 7.13. The highest BCUT2D eigenvalue weighted by molar-refractivity contribution is 7.89. The molecule has 164 valence electrons. The molecule has 0 atom stereocenters. The highest BCUT2D eigenvalue weighted by Gasteiger charge is 2.17. The molecule has 0 aliphatic rings. The number of nitrogens with two attached hydrogens (primary N) is 1. The van der Waals surface area contributed by atoms with Crippen LogP contribution in [-0.2, 0) is 15.6 Å². The normalized spacial score (nSPS) is 11.6. The standard InChI is InChI=1S/C20H16Cl2N6O3S/c1-32(30,31)10-11-5-7-12(8-6-11)25-19-24-9-13-17(23)28(20(29)27-18(13)26-19)16-14(21)3-2-4-15(16)22/h2-9H,10,23H2,1H3,(H,25,26,27,29). The van der Waals surface area contributed by atoms with Crippen LogP contribution in [0.4, 0.5) is 17.5 Å². The van der Waals surface area contributed by atoms with Crippen LogP contribution < -0.4 is 16.7 Å². The van der Waals surface area contributed by atoms with E-state index in [0.717, 1.165) is 4.57 Å². The molecule has 0 fully saturated rings. The van der Waals surface area contributed by atoms with E-state index in [2.05, 4.69) is 20.3 Å². The van der Waals surface area contributed by atoms with Crippen molar-refractivity contribution < 1.29 is 8.42 Å². The maximum absolute atomic E-state index is 12.7. The predicted molar refractivity (Wildman–Crippen MR) is 126 cm³/mol. The highest BCUT2D eigenvalue weighted by atomic mass is 35.5. The van der Waals surface area contributed by atoms with Gasteiger partial charge < -0.3 is 11.1 Å². The Morgan fingerprint density at radius 2 is 1.72 bits per heavy atom. The zero-order valence-corrected chi connectivity index (χ0v) is 18.9. The van der Waals surface area contributed by atoms with Gasteiger partial charge in [0.05, 0.1) is 26.9 Å². The third kappa shape index (κ3) is 4.52. The number of sulfone groups is 1. The smallest absolute Gasteiger partial charge is 0.355 e. The first-order valence-electron chi connectivity index (χ1n) is 9.16. The molecule has 0 radical (unpaired) electrons. The van der Waals surface area contributed by atoms with Crippen molar-refractivity contribution in [1.29, 1.82) is 0 Å². The van der Waals surface area contributed by atoms with E-state index in [-0.39, 0.29) is 38.9 Å². The monoisotopic (exact) mass is 490 g/mol. The number of aromatic nitrogens is 4. The molecule has 4 rings (SSSR count). The zero-order valence-electron chi connectivity index (χ0n) is 16.6.